The van der Waals surface area contributed by atoms with E-state index in [2.05, 4.69) is 36.1 Å². The highest BCUT2D eigenvalue weighted by Gasteiger charge is 2.19. The average molecular weight is 468 g/mol. The van der Waals surface area contributed by atoms with Gasteiger partial charge in [-0.05, 0) is 92.2 Å². The molecule has 168 valence electrons. The minimum absolute atomic E-state index is 0.152. The van der Waals surface area contributed by atoms with E-state index in [1.54, 1.807) is 12.1 Å². The summed E-state index contributed by atoms with van der Waals surface area (Å²) in [6, 6.07) is 23.8. The van der Waals surface area contributed by atoms with Crippen LogP contribution in [0.3, 0.4) is 0 Å². The number of halogens is 1. The van der Waals surface area contributed by atoms with Crippen molar-refractivity contribution in [1.82, 2.24) is 4.90 Å². The van der Waals surface area contributed by atoms with Crippen molar-refractivity contribution in [2.75, 3.05) is 18.8 Å². The Morgan fingerprint density at radius 2 is 1.41 bits per heavy atom. The number of aryl methyl sites for hydroxylation is 1. The van der Waals surface area contributed by atoms with Crippen LogP contribution in [0.1, 0.15) is 43.4 Å². The van der Waals surface area contributed by atoms with Gasteiger partial charge in [0.1, 0.15) is 0 Å². The lowest BCUT2D eigenvalue weighted by Gasteiger charge is -2.24. The second kappa shape index (κ2) is 10.2. The van der Waals surface area contributed by atoms with Gasteiger partial charge >= 0.3 is 0 Å². The van der Waals surface area contributed by atoms with E-state index in [0.29, 0.717) is 22.4 Å². The van der Waals surface area contributed by atoms with E-state index in [4.69, 9.17) is 11.6 Å². The monoisotopic (exact) mass is 467 g/mol. The third-order valence-electron chi connectivity index (χ3n) is 6.42. The summed E-state index contributed by atoms with van der Waals surface area (Å²) < 4.78 is 25.6. The van der Waals surface area contributed by atoms with Gasteiger partial charge in [0, 0.05) is 11.1 Å². The number of rotatable bonds is 8. The largest absolute Gasteiger partial charge is 0.297 e. The molecule has 0 aliphatic carbocycles. The molecule has 0 bridgehead atoms. The first-order chi connectivity index (χ1) is 15.4. The summed E-state index contributed by atoms with van der Waals surface area (Å²) >= 11 is 5.94. The molecule has 3 aromatic rings. The maximum atomic E-state index is 12.8. The first-order valence-electron chi connectivity index (χ1n) is 11.3. The van der Waals surface area contributed by atoms with Gasteiger partial charge in [0.05, 0.1) is 10.6 Å². The SMILES string of the molecule is CC(c1ccc(CCCS(=O)(=O)c2ccc(-c3ccc(Cl)cc3)cc2)cc1)N1CCCC1. The van der Waals surface area contributed by atoms with Gasteiger partial charge in [0.2, 0.25) is 0 Å². The molecule has 1 saturated heterocycles. The van der Waals surface area contributed by atoms with Crippen LogP contribution in [-0.4, -0.2) is 32.2 Å². The Kier molecular flexibility index (Phi) is 7.34. The zero-order valence-electron chi connectivity index (χ0n) is 18.5. The smallest absolute Gasteiger partial charge is 0.178 e. The summed E-state index contributed by atoms with van der Waals surface area (Å²) in [4.78, 5) is 2.91. The van der Waals surface area contributed by atoms with Gasteiger partial charge in [0.15, 0.2) is 9.84 Å². The van der Waals surface area contributed by atoms with Crippen LogP contribution in [0.25, 0.3) is 11.1 Å². The number of nitrogens with zero attached hydrogens (tertiary/aromatic N) is 1. The van der Waals surface area contributed by atoms with Gasteiger partial charge in [-0.2, -0.15) is 0 Å². The molecule has 1 heterocycles. The Bertz CT molecular complexity index is 1120. The van der Waals surface area contributed by atoms with Crippen molar-refractivity contribution < 1.29 is 8.42 Å². The number of sulfone groups is 1. The zero-order valence-corrected chi connectivity index (χ0v) is 20.1. The van der Waals surface area contributed by atoms with Crippen LogP contribution in [0.4, 0.5) is 0 Å². The van der Waals surface area contributed by atoms with E-state index in [1.807, 2.05) is 36.4 Å². The van der Waals surface area contributed by atoms with Crippen molar-refractivity contribution in [3.8, 4) is 11.1 Å². The van der Waals surface area contributed by atoms with Crippen LogP contribution >= 0.6 is 11.6 Å². The first-order valence-corrected chi connectivity index (χ1v) is 13.4. The van der Waals surface area contributed by atoms with Crippen molar-refractivity contribution in [3.63, 3.8) is 0 Å². The predicted octanol–water partition coefficient (Wildman–Crippen LogP) is 6.57. The summed E-state index contributed by atoms with van der Waals surface area (Å²) in [5.41, 5.74) is 4.52. The van der Waals surface area contributed by atoms with Crippen LogP contribution in [0, 0.1) is 0 Å². The highest BCUT2D eigenvalue weighted by molar-refractivity contribution is 7.91. The van der Waals surface area contributed by atoms with Crippen LogP contribution in [-0.2, 0) is 16.3 Å². The molecule has 0 aromatic heterocycles. The predicted molar refractivity (Wildman–Crippen MR) is 133 cm³/mol. The zero-order chi connectivity index (χ0) is 22.6. The van der Waals surface area contributed by atoms with Crippen LogP contribution < -0.4 is 0 Å². The molecule has 1 aliphatic heterocycles. The fraction of sp³-hybridized carbons (Fsp3) is 0.333. The summed E-state index contributed by atoms with van der Waals surface area (Å²) in [7, 11) is -3.30. The highest BCUT2D eigenvalue weighted by atomic mass is 35.5. The maximum absolute atomic E-state index is 12.8. The van der Waals surface area contributed by atoms with Crippen molar-refractivity contribution >= 4 is 21.4 Å². The Balaban J connectivity index is 1.32. The number of likely N-dealkylation sites (tertiary alicyclic amines) is 1. The topological polar surface area (TPSA) is 37.4 Å². The fourth-order valence-corrected chi connectivity index (χ4v) is 5.82. The van der Waals surface area contributed by atoms with Gasteiger partial charge in [-0.1, -0.05) is 60.1 Å². The number of benzene rings is 3. The van der Waals surface area contributed by atoms with Crippen molar-refractivity contribution in [2.24, 2.45) is 0 Å². The van der Waals surface area contributed by atoms with Crippen LogP contribution in [0.2, 0.25) is 5.02 Å². The average Bonchev–Trinajstić information content (AvgIpc) is 3.35. The van der Waals surface area contributed by atoms with Gasteiger partial charge in [-0.25, -0.2) is 8.42 Å². The van der Waals surface area contributed by atoms with Crippen molar-refractivity contribution in [1.29, 1.82) is 0 Å². The summed E-state index contributed by atoms with van der Waals surface area (Å²) in [6.07, 6.45) is 3.96. The van der Waals surface area contributed by atoms with E-state index in [1.165, 1.54) is 37.1 Å². The van der Waals surface area contributed by atoms with E-state index in [0.717, 1.165) is 17.5 Å². The molecule has 5 heteroatoms. The van der Waals surface area contributed by atoms with Gasteiger partial charge < -0.3 is 0 Å². The van der Waals surface area contributed by atoms with Crippen LogP contribution in [0.5, 0.6) is 0 Å². The summed E-state index contributed by atoms with van der Waals surface area (Å²) in [6.45, 7) is 4.63. The quantitative estimate of drug-likeness (QED) is 0.376. The summed E-state index contributed by atoms with van der Waals surface area (Å²) in [5.74, 6) is 0.152. The molecule has 0 radical (unpaired) electrons. The normalized spacial score (nSPS) is 15.7. The Labute approximate surface area is 197 Å². The molecule has 4 rings (SSSR count). The Morgan fingerprint density at radius 3 is 2.00 bits per heavy atom. The highest BCUT2D eigenvalue weighted by Crippen LogP contribution is 2.26. The molecule has 1 aliphatic rings. The molecular formula is C27H30ClNO2S. The van der Waals surface area contributed by atoms with Crippen LogP contribution in [0.15, 0.2) is 77.7 Å². The third kappa shape index (κ3) is 5.61. The molecule has 0 amide bonds. The lowest BCUT2D eigenvalue weighted by Crippen LogP contribution is -2.23. The minimum Gasteiger partial charge on any atom is -0.297 e. The van der Waals surface area contributed by atoms with Crippen molar-refractivity contribution in [3.05, 3.63) is 88.9 Å². The minimum atomic E-state index is -3.30. The first kappa shape index (κ1) is 23.0. The number of hydrogen-bond donors (Lipinski definition) is 0. The lowest BCUT2D eigenvalue weighted by molar-refractivity contribution is 0.263. The molecule has 0 spiro atoms. The summed E-state index contributed by atoms with van der Waals surface area (Å²) in [5, 5.41) is 0.684. The fourth-order valence-electron chi connectivity index (χ4n) is 4.38. The standard InChI is InChI=1S/C27H30ClNO2S/c1-21(29-18-2-3-19-29)23-8-6-22(7-9-23)5-4-20-32(30,31)27-16-12-25(13-17-27)24-10-14-26(28)15-11-24/h6-17,21H,2-5,18-20H2,1H3. The van der Waals surface area contributed by atoms with Crippen molar-refractivity contribution in [2.45, 2.75) is 43.5 Å². The third-order valence-corrected chi connectivity index (χ3v) is 8.49. The van der Waals surface area contributed by atoms with Gasteiger partial charge in [-0.3, -0.25) is 4.90 Å². The van der Waals surface area contributed by atoms with E-state index in [9.17, 15) is 8.42 Å². The molecular weight excluding hydrogens is 438 g/mol. The molecule has 32 heavy (non-hydrogen) atoms. The molecule has 3 aromatic carbocycles. The van der Waals surface area contributed by atoms with E-state index < -0.39 is 9.84 Å². The van der Waals surface area contributed by atoms with Gasteiger partial charge in [0.25, 0.3) is 0 Å². The molecule has 1 atom stereocenters. The molecule has 1 fully saturated rings. The second-order valence-electron chi connectivity index (χ2n) is 8.61. The molecule has 3 nitrogen and oxygen atoms in total. The van der Waals surface area contributed by atoms with E-state index >= 15 is 0 Å². The number of hydrogen-bond acceptors (Lipinski definition) is 3. The maximum Gasteiger partial charge on any atom is 0.178 e. The molecule has 0 saturated carbocycles. The Hall–Kier alpha value is -2.14. The van der Waals surface area contributed by atoms with Gasteiger partial charge in [-0.15, -0.1) is 0 Å². The second-order valence-corrected chi connectivity index (χ2v) is 11.2. The van der Waals surface area contributed by atoms with E-state index in [-0.39, 0.29) is 5.75 Å². The molecule has 1 unspecified atom stereocenters. The molecule has 0 N–H and O–H groups in total. The lowest BCUT2D eigenvalue weighted by atomic mass is 10.0. The Morgan fingerprint density at radius 1 is 0.844 bits per heavy atom.